The summed E-state index contributed by atoms with van der Waals surface area (Å²) in [6, 6.07) is 8.00. The molecule has 3 heteroatoms. The maximum absolute atomic E-state index is 6.04. The first-order valence-corrected chi connectivity index (χ1v) is 7.01. The Morgan fingerprint density at radius 2 is 2.06 bits per heavy atom. The van der Waals surface area contributed by atoms with Gasteiger partial charge in [-0.3, -0.25) is 0 Å². The van der Waals surface area contributed by atoms with Crippen LogP contribution >= 0.6 is 11.6 Å². The molecule has 0 bridgehead atoms. The molecule has 0 radical (unpaired) electrons. The molecule has 2 rings (SSSR count). The molecule has 1 aromatic carbocycles. The highest BCUT2D eigenvalue weighted by molar-refractivity contribution is 6.30. The van der Waals surface area contributed by atoms with Crippen LogP contribution in [0.5, 0.6) is 0 Å². The van der Waals surface area contributed by atoms with Crippen molar-refractivity contribution in [2.75, 3.05) is 6.54 Å². The van der Waals surface area contributed by atoms with E-state index in [1.807, 2.05) is 12.1 Å². The van der Waals surface area contributed by atoms with Crippen molar-refractivity contribution in [2.45, 2.75) is 50.7 Å². The Balaban J connectivity index is 2.00. The van der Waals surface area contributed by atoms with Crippen LogP contribution in [0.15, 0.2) is 24.3 Å². The summed E-state index contributed by atoms with van der Waals surface area (Å²) in [7, 11) is 0. The standard InChI is InChI=1S/C15H22ClNO/c1-15(2)8-7-14(18-15)9-12(10-17)11-3-5-13(16)6-4-11/h3-6,12,14H,7-10,17H2,1-2H3. The third kappa shape index (κ3) is 3.47. The average Bonchev–Trinajstić information content (AvgIpc) is 2.67. The lowest BCUT2D eigenvalue weighted by atomic mass is 9.92. The monoisotopic (exact) mass is 267 g/mol. The number of nitrogens with two attached hydrogens (primary N) is 1. The summed E-state index contributed by atoms with van der Waals surface area (Å²) < 4.78 is 6.04. The molecular weight excluding hydrogens is 246 g/mol. The largest absolute Gasteiger partial charge is 0.372 e. The van der Waals surface area contributed by atoms with Crippen molar-refractivity contribution in [1.29, 1.82) is 0 Å². The molecule has 2 nitrogen and oxygen atoms in total. The van der Waals surface area contributed by atoms with Crippen molar-refractivity contribution in [3.8, 4) is 0 Å². The maximum Gasteiger partial charge on any atom is 0.0631 e. The van der Waals surface area contributed by atoms with Gasteiger partial charge in [-0.25, -0.2) is 0 Å². The second-order valence-corrected chi connectivity index (χ2v) is 6.19. The average molecular weight is 268 g/mol. The molecule has 18 heavy (non-hydrogen) atoms. The summed E-state index contributed by atoms with van der Waals surface area (Å²) in [4.78, 5) is 0. The topological polar surface area (TPSA) is 35.2 Å². The van der Waals surface area contributed by atoms with E-state index >= 15 is 0 Å². The van der Waals surface area contributed by atoms with Crippen molar-refractivity contribution in [2.24, 2.45) is 5.73 Å². The molecular formula is C15H22ClNO. The highest BCUT2D eigenvalue weighted by Gasteiger charge is 2.32. The Morgan fingerprint density at radius 1 is 1.39 bits per heavy atom. The predicted octanol–water partition coefficient (Wildman–Crippen LogP) is 3.73. The lowest BCUT2D eigenvalue weighted by Crippen LogP contribution is -2.23. The second kappa shape index (κ2) is 5.60. The lowest BCUT2D eigenvalue weighted by molar-refractivity contribution is -0.0206. The van der Waals surface area contributed by atoms with E-state index in [-0.39, 0.29) is 5.60 Å². The van der Waals surface area contributed by atoms with E-state index in [4.69, 9.17) is 22.1 Å². The Kier molecular flexibility index (Phi) is 4.31. The molecule has 0 spiro atoms. The Hall–Kier alpha value is -0.570. The van der Waals surface area contributed by atoms with E-state index in [9.17, 15) is 0 Å². The molecule has 2 N–H and O–H groups in total. The highest BCUT2D eigenvalue weighted by atomic mass is 35.5. The third-order valence-electron chi connectivity index (χ3n) is 3.73. The number of hydrogen-bond acceptors (Lipinski definition) is 2. The summed E-state index contributed by atoms with van der Waals surface area (Å²) in [5, 5.41) is 0.771. The number of benzene rings is 1. The quantitative estimate of drug-likeness (QED) is 0.902. The van der Waals surface area contributed by atoms with Gasteiger partial charge in [-0.05, 0) is 63.3 Å². The summed E-state index contributed by atoms with van der Waals surface area (Å²) in [6.07, 6.45) is 3.61. The first kappa shape index (κ1) is 13.9. The van der Waals surface area contributed by atoms with Gasteiger partial charge in [0.15, 0.2) is 0 Å². The molecule has 1 aliphatic rings. The van der Waals surface area contributed by atoms with Crippen molar-refractivity contribution < 1.29 is 4.74 Å². The van der Waals surface area contributed by atoms with Gasteiger partial charge in [0.25, 0.3) is 0 Å². The van der Waals surface area contributed by atoms with Gasteiger partial charge in [0.2, 0.25) is 0 Å². The number of ether oxygens (including phenoxy) is 1. The van der Waals surface area contributed by atoms with Crippen molar-refractivity contribution in [1.82, 2.24) is 0 Å². The summed E-state index contributed by atoms with van der Waals surface area (Å²) >= 11 is 5.91. The van der Waals surface area contributed by atoms with Gasteiger partial charge in [-0.15, -0.1) is 0 Å². The Bertz CT molecular complexity index is 388. The zero-order valence-electron chi connectivity index (χ0n) is 11.2. The molecule has 2 atom stereocenters. The van der Waals surface area contributed by atoms with Crippen LogP contribution in [-0.4, -0.2) is 18.2 Å². The van der Waals surface area contributed by atoms with E-state index in [1.165, 1.54) is 5.56 Å². The second-order valence-electron chi connectivity index (χ2n) is 5.76. The third-order valence-corrected chi connectivity index (χ3v) is 3.98. The smallest absolute Gasteiger partial charge is 0.0631 e. The van der Waals surface area contributed by atoms with E-state index in [2.05, 4.69) is 26.0 Å². The molecule has 1 heterocycles. The van der Waals surface area contributed by atoms with Gasteiger partial charge >= 0.3 is 0 Å². The van der Waals surface area contributed by atoms with Crippen LogP contribution in [0.25, 0.3) is 0 Å². The maximum atomic E-state index is 6.04. The van der Waals surface area contributed by atoms with Crippen molar-refractivity contribution in [3.63, 3.8) is 0 Å². The van der Waals surface area contributed by atoms with Crippen LogP contribution in [0.1, 0.15) is 44.6 Å². The number of rotatable bonds is 4. The van der Waals surface area contributed by atoms with E-state index < -0.39 is 0 Å². The predicted molar refractivity (Wildman–Crippen MR) is 76.1 cm³/mol. The van der Waals surface area contributed by atoms with Crippen LogP contribution in [0.4, 0.5) is 0 Å². The minimum absolute atomic E-state index is 0.0316. The fourth-order valence-electron chi connectivity index (χ4n) is 2.66. The molecule has 0 aromatic heterocycles. The normalized spacial score (nSPS) is 24.1. The molecule has 1 aliphatic heterocycles. The molecule has 0 amide bonds. The van der Waals surface area contributed by atoms with Gasteiger partial charge in [0, 0.05) is 5.02 Å². The molecule has 0 saturated carbocycles. The van der Waals surface area contributed by atoms with E-state index in [0.29, 0.717) is 18.6 Å². The van der Waals surface area contributed by atoms with Gasteiger partial charge < -0.3 is 10.5 Å². The van der Waals surface area contributed by atoms with E-state index in [0.717, 1.165) is 24.3 Å². The fourth-order valence-corrected chi connectivity index (χ4v) is 2.79. The zero-order valence-corrected chi connectivity index (χ0v) is 11.9. The lowest BCUT2D eigenvalue weighted by Gasteiger charge is -2.23. The minimum atomic E-state index is 0.0316. The highest BCUT2D eigenvalue weighted by Crippen LogP contribution is 2.34. The van der Waals surface area contributed by atoms with Gasteiger partial charge in [0.1, 0.15) is 0 Å². The van der Waals surface area contributed by atoms with Gasteiger partial charge in [0.05, 0.1) is 11.7 Å². The molecule has 1 saturated heterocycles. The van der Waals surface area contributed by atoms with Crippen LogP contribution in [0, 0.1) is 0 Å². The van der Waals surface area contributed by atoms with Crippen molar-refractivity contribution >= 4 is 11.6 Å². The van der Waals surface area contributed by atoms with Gasteiger partial charge in [-0.1, -0.05) is 23.7 Å². The SMILES string of the molecule is CC1(C)CCC(CC(CN)c2ccc(Cl)cc2)O1. The summed E-state index contributed by atoms with van der Waals surface area (Å²) in [6.45, 7) is 4.97. The zero-order chi connectivity index (χ0) is 13.2. The van der Waals surface area contributed by atoms with Crippen LogP contribution in [-0.2, 0) is 4.74 Å². The first-order valence-electron chi connectivity index (χ1n) is 6.63. The van der Waals surface area contributed by atoms with Crippen LogP contribution in [0.2, 0.25) is 5.02 Å². The number of halogens is 1. The molecule has 0 aliphatic carbocycles. The molecule has 1 fully saturated rings. The molecule has 100 valence electrons. The first-order chi connectivity index (χ1) is 8.50. The summed E-state index contributed by atoms with van der Waals surface area (Å²) in [5.41, 5.74) is 7.19. The fraction of sp³-hybridized carbons (Fsp3) is 0.600. The van der Waals surface area contributed by atoms with Crippen LogP contribution < -0.4 is 5.73 Å². The van der Waals surface area contributed by atoms with Gasteiger partial charge in [-0.2, -0.15) is 0 Å². The van der Waals surface area contributed by atoms with E-state index in [1.54, 1.807) is 0 Å². The summed E-state index contributed by atoms with van der Waals surface area (Å²) in [5.74, 6) is 0.362. The number of hydrogen-bond donors (Lipinski definition) is 1. The molecule has 1 aromatic rings. The van der Waals surface area contributed by atoms with Crippen molar-refractivity contribution in [3.05, 3.63) is 34.9 Å². The Morgan fingerprint density at radius 3 is 2.56 bits per heavy atom. The minimum Gasteiger partial charge on any atom is -0.372 e. The van der Waals surface area contributed by atoms with Crippen LogP contribution in [0.3, 0.4) is 0 Å². The Labute approximate surface area is 114 Å². The molecule has 2 unspecified atom stereocenters.